The van der Waals surface area contributed by atoms with Gasteiger partial charge in [0.1, 0.15) is 6.33 Å². The van der Waals surface area contributed by atoms with Gasteiger partial charge in [0.2, 0.25) is 0 Å². The van der Waals surface area contributed by atoms with Crippen LogP contribution < -0.4 is 15.6 Å². The molecule has 0 bridgehead atoms. The van der Waals surface area contributed by atoms with Gasteiger partial charge in [0.25, 0.3) is 17.2 Å². The van der Waals surface area contributed by atoms with Gasteiger partial charge in [-0.1, -0.05) is 26.0 Å². The van der Waals surface area contributed by atoms with Crippen molar-refractivity contribution in [1.82, 2.24) is 19.2 Å². The van der Waals surface area contributed by atoms with Crippen molar-refractivity contribution < 1.29 is 13.9 Å². The quantitative estimate of drug-likeness (QED) is 0.364. The number of nitrogens with one attached hydrogen (secondary N) is 1. The van der Waals surface area contributed by atoms with E-state index in [1.165, 1.54) is 34.5 Å². The molecule has 176 valence electrons. The van der Waals surface area contributed by atoms with Crippen molar-refractivity contribution in [3.05, 3.63) is 82.8 Å². The van der Waals surface area contributed by atoms with E-state index in [4.69, 9.17) is 4.74 Å². The van der Waals surface area contributed by atoms with Crippen LogP contribution in [0.25, 0.3) is 5.78 Å². The third kappa shape index (κ3) is 5.82. The van der Waals surface area contributed by atoms with Crippen molar-refractivity contribution in [2.75, 3.05) is 11.9 Å². The first kappa shape index (κ1) is 23.5. The van der Waals surface area contributed by atoms with Gasteiger partial charge < -0.3 is 10.1 Å². The number of rotatable bonds is 9. The molecule has 0 saturated heterocycles. The van der Waals surface area contributed by atoms with Crippen LogP contribution in [0.4, 0.5) is 10.1 Å². The van der Waals surface area contributed by atoms with Crippen LogP contribution >= 0.6 is 11.8 Å². The summed E-state index contributed by atoms with van der Waals surface area (Å²) in [4.78, 5) is 34.4. The van der Waals surface area contributed by atoms with Crippen LogP contribution in [-0.2, 0) is 17.1 Å². The molecular formula is C24H24FN5O3S. The lowest BCUT2D eigenvalue weighted by atomic mass is 10.2. The van der Waals surface area contributed by atoms with Crippen LogP contribution in [0.1, 0.15) is 19.5 Å². The Kier molecular flexibility index (Phi) is 7.27. The fourth-order valence-corrected chi connectivity index (χ4v) is 4.07. The van der Waals surface area contributed by atoms with E-state index in [0.717, 1.165) is 4.90 Å². The maximum atomic E-state index is 13.6. The van der Waals surface area contributed by atoms with E-state index in [1.54, 1.807) is 35.3 Å². The SMILES string of the molecule is CC(C)Cn1cnc2nc(CSc3ccc(NC(=O)COc4ccccc4F)cc3)cc(=O)n21. The fourth-order valence-electron chi connectivity index (χ4n) is 3.28. The number of halogens is 1. The fraction of sp³-hybridized carbons (Fsp3) is 0.250. The molecule has 2 aromatic heterocycles. The molecule has 4 rings (SSSR count). The monoisotopic (exact) mass is 481 g/mol. The van der Waals surface area contributed by atoms with Gasteiger partial charge >= 0.3 is 0 Å². The molecule has 0 spiro atoms. The minimum absolute atomic E-state index is 0.0301. The van der Waals surface area contributed by atoms with E-state index in [2.05, 4.69) is 29.1 Å². The molecule has 34 heavy (non-hydrogen) atoms. The standard InChI is InChI=1S/C24H24FN5O3S/c1-16(2)12-29-15-26-24-28-18(11-23(32)30(24)29)14-34-19-9-7-17(8-10-19)27-22(31)13-33-21-6-4-3-5-20(21)25/h3-11,15-16H,12-14H2,1-2H3,(H,27,31). The Labute approximate surface area is 199 Å². The second kappa shape index (κ2) is 10.5. The number of ether oxygens (including phenoxy) is 1. The smallest absolute Gasteiger partial charge is 0.274 e. The van der Waals surface area contributed by atoms with E-state index >= 15 is 0 Å². The highest BCUT2D eigenvalue weighted by Gasteiger charge is 2.10. The molecular weight excluding hydrogens is 457 g/mol. The highest BCUT2D eigenvalue weighted by atomic mass is 32.2. The number of hydrogen-bond acceptors (Lipinski definition) is 6. The van der Waals surface area contributed by atoms with E-state index < -0.39 is 11.7 Å². The summed E-state index contributed by atoms with van der Waals surface area (Å²) in [7, 11) is 0. The largest absolute Gasteiger partial charge is 0.481 e. The van der Waals surface area contributed by atoms with Crippen LogP contribution in [-0.4, -0.2) is 31.7 Å². The van der Waals surface area contributed by atoms with Crippen molar-refractivity contribution in [1.29, 1.82) is 0 Å². The number of para-hydroxylation sites is 1. The molecule has 1 amide bonds. The number of amides is 1. The van der Waals surface area contributed by atoms with Gasteiger partial charge in [-0.25, -0.2) is 9.37 Å². The predicted octanol–water partition coefficient (Wildman–Crippen LogP) is 4.00. The van der Waals surface area contributed by atoms with Gasteiger partial charge in [-0.2, -0.15) is 9.50 Å². The lowest BCUT2D eigenvalue weighted by Gasteiger charge is -2.09. The van der Waals surface area contributed by atoms with Gasteiger partial charge in [0.05, 0.1) is 5.69 Å². The number of anilines is 1. The molecule has 0 atom stereocenters. The highest BCUT2D eigenvalue weighted by Crippen LogP contribution is 2.23. The number of fused-ring (bicyclic) bond motifs is 1. The van der Waals surface area contributed by atoms with Gasteiger partial charge in [0.15, 0.2) is 18.2 Å². The molecule has 0 aliphatic heterocycles. The first-order chi connectivity index (χ1) is 16.4. The third-order valence-electron chi connectivity index (χ3n) is 4.77. The zero-order chi connectivity index (χ0) is 24.1. The molecule has 8 nitrogen and oxygen atoms in total. The number of nitrogens with zero attached hydrogens (tertiary/aromatic N) is 4. The Morgan fingerprint density at radius 1 is 1.18 bits per heavy atom. The zero-order valence-corrected chi connectivity index (χ0v) is 19.6. The summed E-state index contributed by atoms with van der Waals surface area (Å²) < 4.78 is 22.0. The lowest BCUT2D eigenvalue weighted by molar-refractivity contribution is -0.118. The summed E-state index contributed by atoms with van der Waals surface area (Å²) in [6.45, 7) is 4.54. The Bertz CT molecular complexity index is 1350. The topological polar surface area (TPSA) is 90.5 Å². The highest BCUT2D eigenvalue weighted by molar-refractivity contribution is 7.98. The van der Waals surface area contributed by atoms with Crippen LogP contribution in [0.3, 0.4) is 0 Å². The maximum absolute atomic E-state index is 13.6. The first-order valence-electron chi connectivity index (χ1n) is 10.7. The third-order valence-corrected chi connectivity index (χ3v) is 5.81. The summed E-state index contributed by atoms with van der Waals surface area (Å²) in [6, 6.07) is 14.7. The number of benzene rings is 2. The Balaban J connectivity index is 1.32. The Morgan fingerprint density at radius 3 is 2.68 bits per heavy atom. The average Bonchev–Trinajstić information content (AvgIpc) is 3.20. The minimum Gasteiger partial charge on any atom is -0.481 e. The van der Waals surface area contributed by atoms with E-state index in [1.807, 2.05) is 12.1 Å². The van der Waals surface area contributed by atoms with Crippen molar-refractivity contribution in [2.24, 2.45) is 5.92 Å². The van der Waals surface area contributed by atoms with Gasteiger partial charge in [-0.15, -0.1) is 11.8 Å². The van der Waals surface area contributed by atoms with Gasteiger partial charge in [-0.3, -0.25) is 14.3 Å². The number of thioether (sulfide) groups is 1. The van der Waals surface area contributed by atoms with E-state index in [0.29, 0.717) is 35.4 Å². The molecule has 2 heterocycles. The van der Waals surface area contributed by atoms with Crippen LogP contribution in [0.2, 0.25) is 0 Å². The zero-order valence-electron chi connectivity index (χ0n) is 18.8. The molecule has 2 aromatic carbocycles. The molecule has 1 N–H and O–H groups in total. The summed E-state index contributed by atoms with van der Waals surface area (Å²) in [5, 5.41) is 2.71. The second-order valence-electron chi connectivity index (χ2n) is 8.04. The molecule has 0 radical (unpaired) electrons. The number of aromatic nitrogens is 4. The van der Waals surface area contributed by atoms with E-state index in [9.17, 15) is 14.0 Å². The normalized spacial score (nSPS) is 11.2. The molecule has 4 aromatic rings. The van der Waals surface area contributed by atoms with Crippen LogP contribution in [0.5, 0.6) is 5.75 Å². The first-order valence-corrected chi connectivity index (χ1v) is 11.7. The van der Waals surface area contributed by atoms with Crippen LogP contribution in [0.15, 0.2) is 70.6 Å². The molecule has 0 saturated carbocycles. The summed E-state index contributed by atoms with van der Waals surface area (Å²) >= 11 is 1.52. The van der Waals surface area contributed by atoms with Crippen molar-refractivity contribution >= 4 is 29.1 Å². The van der Waals surface area contributed by atoms with Crippen molar-refractivity contribution in [2.45, 2.75) is 31.0 Å². The predicted molar refractivity (Wildman–Crippen MR) is 129 cm³/mol. The Morgan fingerprint density at radius 2 is 1.94 bits per heavy atom. The number of carbonyl (C=O) groups is 1. The molecule has 0 unspecified atom stereocenters. The molecule has 0 fully saturated rings. The van der Waals surface area contributed by atoms with E-state index in [-0.39, 0.29) is 17.9 Å². The average molecular weight is 482 g/mol. The lowest BCUT2D eigenvalue weighted by Crippen LogP contribution is -2.22. The van der Waals surface area contributed by atoms with Crippen molar-refractivity contribution in [3.63, 3.8) is 0 Å². The molecule has 0 aliphatic carbocycles. The van der Waals surface area contributed by atoms with Crippen LogP contribution in [0, 0.1) is 11.7 Å². The maximum Gasteiger partial charge on any atom is 0.274 e. The summed E-state index contributed by atoms with van der Waals surface area (Å²) in [6.07, 6.45) is 1.63. The molecule has 0 aliphatic rings. The van der Waals surface area contributed by atoms with Gasteiger partial charge in [-0.05, 0) is 42.3 Å². The summed E-state index contributed by atoms with van der Waals surface area (Å²) in [5.74, 6) is 0.398. The van der Waals surface area contributed by atoms with Gasteiger partial charge in [0, 0.05) is 28.9 Å². The second-order valence-corrected chi connectivity index (χ2v) is 9.09. The van der Waals surface area contributed by atoms with Crippen molar-refractivity contribution in [3.8, 4) is 5.75 Å². The minimum atomic E-state index is -0.517. The summed E-state index contributed by atoms with van der Waals surface area (Å²) in [5.41, 5.74) is 1.09. The molecule has 10 heteroatoms. The number of hydrogen-bond donors (Lipinski definition) is 1. The number of carbonyl (C=O) groups excluding carboxylic acids is 1. The Hall–Kier alpha value is -3.66.